The molecule has 0 aromatic heterocycles. The van der Waals surface area contributed by atoms with E-state index in [9.17, 15) is 9.59 Å². The highest BCUT2D eigenvalue weighted by molar-refractivity contribution is 6.03. The molecule has 2 amide bonds. The number of nitrogens with two attached hydrogens (primary N) is 1. The molecule has 3 N–H and O–H groups in total. The van der Waals surface area contributed by atoms with Crippen molar-refractivity contribution >= 4 is 17.5 Å². The number of hydrogen-bond acceptors (Lipinski definition) is 3. The first-order chi connectivity index (χ1) is 9.99. The molecule has 2 aliphatic rings. The van der Waals surface area contributed by atoms with Crippen LogP contribution in [-0.2, 0) is 9.53 Å². The van der Waals surface area contributed by atoms with E-state index in [1.165, 1.54) is 0 Å². The van der Waals surface area contributed by atoms with Crippen molar-refractivity contribution in [2.24, 2.45) is 11.7 Å². The molecule has 1 spiro atoms. The number of benzene rings is 1. The Morgan fingerprint density at radius 2 is 2.14 bits per heavy atom. The van der Waals surface area contributed by atoms with Gasteiger partial charge in [0.15, 0.2) is 0 Å². The second-order valence-electron chi connectivity index (χ2n) is 6.14. The van der Waals surface area contributed by atoms with E-state index in [0.29, 0.717) is 11.3 Å². The van der Waals surface area contributed by atoms with Gasteiger partial charge in [-0.15, -0.1) is 0 Å². The smallest absolute Gasteiger partial charge is 0.250 e. The molecule has 5 heteroatoms. The number of carbonyl (C=O) groups excluding carboxylic acids is 2. The van der Waals surface area contributed by atoms with Crippen molar-refractivity contribution in [3.8, 4) is 0 Å². The lowest BCUT2D eigenvalue weighted by atomic mass is 9.69. The Morgan fingerprint density at radius 3 is 2.76 bits per heavy atom. The van der Waals surface area contributed by atoms with Gasteiger partial charge in [-0.25, -0.2) is 0 Å². The Labute approximate surface area is 123 Å². The Morgan fingerprint density at radius 1 is 1.38 bits per heavy atom. The summed E-state index contributed by atoms with van der Waals surface area (Å²) in [4.78, 5) is 23.7. The average Bonchev–Trinajstić information content (AvgIpc) is 2.86. The minimum absolute atomic E-state index is 0.0376. The second kappa shape index (κ2) is 5.15. The summed E-state index contributed by atoms with van der Waals surface area (Å²) in [5.74, 6) is -0.622. The van der Waals surface area contributed by atoms with Crippen LogP contribution >= 0.6 is 0 Å². The third-order valence-corrected chi connectivity index (χ3v) is 4.49. The van der Waals surface area contributed by atoms with Gasteiger partial charge in [0.25, 0.3) is 5.91 Å². The van der Waals surface area contributed by atoms with Crippen LogP contribution in [0.15, 0.2) is 18.2 Å². The number of hydrogen-bond donors (Lipinski definition) is 2. The quantitative estimate of drug-likeness (QED) is 0.892. The van der Waals surface area contributed by atoms with Gasteiger partial charge in [0, 0.05) is 12.5 Å². The van der Waals surface area contributed by atoms with Crippen molar-refractivity contribution in [1.29, 1.82) is 0 Å². The zero-order chi connectivity index (χ0) is 15.0. The van der Waals surface area contributed by atoms with Crippen molar-refractivity contribution in [3.63, 3.8) is 0 Å². The van der Waals surface area contributed by atoms with Crippen LogP contribution < -0.4 is 11.1 Å². The van der Waals surface area contributed by atoms with Gasteiger partial charge in [-0.3, -0.25) is 9.59 Å². The Balaban J connectivity index is 1.68. The Bertz CT molecular complexity index is 583. The summed E-state index contributed by atoms with van der Waals surface area (Å²) in [5.41, 5.74) is 7.11. The van der Waals surface area contributed by atoms with E-state index in [-0.39, 0.29) is 17.4 Å². The molecule has 3 rings (SSSR count). The zero-order valence-corrected chi connectivity index (χ0v) is 12.1. The molecular weight excluding hydrogens is 268 g/mol. The lowest BCUT2D eigenvalue weighted by molar-refractivity contribution is -0.138. The minimum atomic E-state index is -0.533. The van der Waals surface area contributed by atoms with Gasteiger partial charge in [-0.05, 0) is 50.3 Å². The van der Waals surface area contributed by atoms with Crippen molar-refractivity contribution < 1.29 is 14.3 Å². The molecule has 1 aromatic rings. The molecule has 1 saturated heterocycles. The molecule has 5 nitrogen and oxygen atoms in total. The van der Waals surface area contributed by atoms with E-state index in [4.69, 9.17) is 10.5 Å². The highest BCUT2D eigenvalue weighted by Crippen LogP contribution is 2.47. The Kier molecular flexibility index (Phi) is 3.45. The molecule has 1 aliphatic carbocycles. The minimum Gasteiger partial charge on any atom is -0.375 e. The summed E-state index contributed by atoms with van der Waals surface area (Å²) in [6.45, 7) is 2.71. The largest absolute Gasteiger partial charge is 0.375 e. The van der Waals surface area contributed by atoms with Crippen molar-refractivity contribution in [1.82, 2.24) is 0 Å². The number of ether oxygens (including phenoxy) is 1. The Hall–Kier alpha value is -1.88. The molecule has 1 aromatic carbocycles. The third-order valence-electron chi connectivity index (χ3n) is 4.49. The number of aryl methyl sites for hydroxylation is 1. The molecule has 0 radical (unpaired) electrons. The first-order valence-corrected chi connectivity index (χ1v) is 7.34. The SMILES string of the molecule is Cc1ccc(C(N)=O)c(NC(=O)C2CC3(CCCO3)C2)c1. The number of carbonyl (C=O) groups is 2. The van der Waals surface area contributed by atoms with Crippen molar-refractivity contribution in [2.75, 3.05) is 11.9 Å². The highest BCUT2D eigenvalue weighted by atomic mass is 16.5. The molecule has 112 valence electrons. The summed E-state index contributed by atoms with van der Waals surface area (Å²) in [6, 6.07) is 5.23. The van der Waals surface area contributed by atoms with E-state index in [2.05, 4.69) is 5.32 Å². The molecule has 0 atom stereocenters. The van der Waals surface area contributed by atoms with Crippen LogP contribution in [0.4, 0.5) is 5.69 Å². The van der Waals surface area contributed by atoms with E-state index in [1.54, 1.807) is 18.2 Å². The number of amides is 2. The lowest BCUT2D eigenvalue weighted by Crippen LogP contribution is -2.48. The predicted octanol–water partition coefficient (Wildman–Crippen LogP) is 1.99. The molecule has 2 fully saturated rings. The van der Waals surface area contributed by atoms with Crippen LogP contribution in [0.5, 0.6) is 0 Å². The van der Waals surface area contributed by atoms with Crippen LogP contribution in [0.3, 0.4) is 0 Å². The first kappa shape index (κ1) is 14.1. The van der Waals surface area contributed by atoms with E-state index in [1.807, 2.05) is 6.92 Å². The van der Waals surface area contributed by atoms with E-state index < -0.39 is 5.91 Å². The fourth-order valence-electron chi connectivity index (χ4n) is 3.31. The topological polar surface area (TPSA) is 81.4 Å². The van der Waals surface area contributed by atoms with Crippen LogP contribution in [0, 0.1) is 12.8 Å². The summed E-state index contributed by atoms with van der Waals surface area (Å²) in [5, 5.41) is 2.85. The van der Waals surface area contributed by atoms with Gasteiger partial charge >= 0.3 is 0 Å². The molecular formula is C16H20N2O3. The third kappa shape index (κ3) is 2.65. The van der Waals surface area contributed by atoms with E-state index in [0.717, 1.165) is 37.9 Å². The summed E-state index contributed by atoms with van der Waals surface area (Å²) in [6.07, 6.45) is 3.68. The maximum Gasteiger partial charge on any atom is 0.250 e. The summed E-state index contributed by atoms with van der Waals surface area (Å²) < 4.78 is 5.73. The van der Waals surface area contributed by atoms with Crippen molar-refractivity contribution in [3.05, 3.63) is 29.3 Å². The van der Waals surface area contributed by atoms with Crippen molar-refractivity contribution in [2.45, 2.75) is 38.2 Å². The number of rotatable bonds is 3. The number of nitrogens with one attached hydrogen (secondary N) is 1. The first-order valence-electron chi connectivity index (χ1n) is 7.34. The van der Waals surface area contributed by atoms with Crippen LogP contribution in [0.25, 0.3) is 0 Å². The molecule has 0 bridgehead atoms. The van der Waals surface area contributed by atoms with Crippen LogP contribution in [0.1, 0.15) is 41.6 Å². The fourth-order valence-corrected chi connectivity index (χ4v) is 3.31. The molecule has 1 heterocycles. The lowest BCUT2D eigenvalue weighted by Gasteiger charge is -2.43. The van der Waals surface area contributed by atoms with Crippen LogP contribution in [-0.4, -0.2) is 24.0 Å². The summed E-state index contributed by atoms with van der Waals surface area (Å²) in [7, 11) is 0. The van der Waals surface area contributed by atoms with Gasteiger partial charge < -0.3 is 15.8 Å². The van der Waals surface area contributed by atoms with Gasteiger partial charge in [-0.1, -0.05) is 6.07 Å². The molecule has 1 aliphatic heterocycles. The maximum atomic E-state index is 12.3. The standard InChI is InChI=1S/C16H20N2O3/c1-10-3-4-12(14(17)19)13(7-10)18-15(20)11-8-16(9-11)5-2-6-21-16/h3-4,7,11H,2,5-6,8-9H2,1H3,(H2,17,19)(H,18,20). The monoisotopic (exact) mass is 288 g/mol. The van der Waals surface area contributed by atoms with E-state index >= 15 is 0 Å². The highest BCUT2D eigenvalue weighted by Gasteiger charge is 2.50. The maximum absolute atomic E-state index is 12.3. The van der Waals surface area contributed by atoms with Gasteiger partial charge in [0.05, 0.1) is 16.9 Å². The average molecular weight is 288 g/mol. The predicted molar refractivity (Wildman–Crippen MR) is 79.0 cm³/mol. The zero-order valence-electron chi connectivity index (χ0n) is 12.1. The van der Waals surface area contributed by atoms with Crippen LogP contribution in [0.2, 0.25) is 0 Å². The normalized spacial score (nSPS) is 27.4. The number of primary amides is 1. The fraction of sp³-hybridized carbons (Fsp3) is 0.500. The van der Waals surface area contributed by atoms with Gasteiger partial charge in [-0.2, -0.15) is 0 Å². The van der Waals surface area contributed by atoms with Gasteiger partial charge in [0.1, 0.15) is 0 Å². The summed E-state index contributed by atoms with van der Waals surface area (Å²) >= 11 is 0. The molecule has 1 saturated carbocycles. The molecule has 0 unspecified atom stereocenters. The molecule has 21 heavy (non-hydrogen) atoms. The van der Waals surface area contributed by atoms with Gasteiger partial charge in [0.2, 0.25) is 5.91 Å². The second-order valence-corrected chi connectivity index (χ2v) is 6.14. The number of anilines is 1.